The van der Waals surface area contributed by atoms with Crippen molar-refractivity contribution in [3.05, 3.63) is 71.8 Å². The Morgan fingerprint density at radius 3 is 2.46 bits per heavy atom. The Kier molecular flexibility index (Phi) is 6.55. The van der Waals surface area contributed by atoms with Gasteiger partial charge in [0.05, 0.1) is 5.41 Å². The smallest absolute Gasteiger partial charge is 0.337 e. The molecule has 2 aromatic rings. The van der Waals surface area contributed by atoms with E-state index in [1.54, 1.807) is 45.0 Å². The van der Waals surface area contributed by atoms with Gasteiger partial charge in [-0.05, 0) is 50.6 Å². The summed E-state index contributed by atoms with van der Waals surface area (Å²) in [5.74, 6) is -0.463. The fourth-order valence-electron chi connectivity index (χ4n) is 1.92. The van der Waals surface area contributed by atoms with Crippen LogP contribution in [-0.4, -0.2) is 18.5 Å². The van der Waals surface area contributed by atoms with E-state index in [0.717, 1.165) is 5.56 Å². The zero-order valence-electron chi connectivity index (χ0n) is 15.2. The fourth-order valence-corrected chi connectivity index (χ4v) is 1.92. The minimum absolute atomic E-state index is 0.344. The van der Waals surface area contributed by atoms with Crippen molar-refractivity contribution >= 4 is 18.0 Å². The first-order valence-corrected chi connectivity index (χ1v) is 8.32. The largest absolute Gasteiger partial charge is 0.490 e. The van der Waals surface area contributed by atoms with E-state index in [1.807, 2.05) is 42.5 Å². The van der Waals surface area contributed by atoms with Crippen molar-refractivity contribution in [1.29, 1.82) is 0 Å². The van der Waals surface area contributed by atoms with E-state index >= 15 is 0 Å². The first-order chi connectivity index (χ1) is 12.4. The summed E-state index contributed by atoms with van der Waals surface area (Å²) in [4.78, 5) is 28.6. The van der Waals surface area contributed by atoms with Gasteiger partial charge in [0.15, 0.2) is 0 Å². The highest BCUT2D eigenvalue weighted by Gasteiger charge is 2.24. The van der Waals surface area contributed by atoms with Crippen LogP contribution < -0.4 is 10.2 Å². The topological polar surface area (TPSA) is 64.6 Å². The van der Waals surface area contributed by atoms with Crippen molar-refractivity contribution in [3.8, 4) is 5.75 Å². The number of amides is 1. The fraction of sp³-hybridized carbons (Fsp3) is 0.238. The number of benzene rings is 2. The summed E-state index contributed by atoms with van der Waals surface area (Å²) < 4.78 is 5.62. The lowest BCUT2D eigenvalue weighted by Crippen LogP contribution is -2.33. The number of ether oxygens (including phenoxy) is 1. The van der Waals surface area contributed by atoms with Crippen LogP contribution in [0.5, 0.6) is 5.75 Å². The average Bonchev–Trinajstić information content (AvgIpc) is 2.63. The van der Waals surface area contributed by atoms with Gasteiger partial charge in [0, 0.05) is 5.56 Å². The number of nitrogens with one attached hydrogen (secondary N) is 1. The Labute approximate surface area is 153 Å². The molecule has 0 atom stereocenters. The SMILES string of the molecule is CC(C)(C)C(=O)ONC(=O)c1cccc(OC/C=C/c2ccccc2)c1. The number of carbonyl (C=O) groups is 2. The van der Waals surface area contributed by atoms with Gasteiger partial charge in [-0.3, -0.25) is 4.79 Å². The molecule has 0 aliphatic carbocycles. The molecule has 1 N–H and O–H groups in total. The molecule has 0 heterocycles. The van der Waals surface area contributed by atoms with Gasteiger partial charge in [0.25, 0.3) is 5.91 Å². The maximum Gasteiger partial charge on any atom is 0.337 e. The Bertz CT molecular complexity index is 776. The van der Waals surface area contributed by atoms with Gasteiger partial charge in [-0.2, -0.15) is 5.48 Å². The molecule has 0 aromatic heterocycles. The van der Waals surface area contributed by atoms with E-state index in [0.29, 0.717) is 17.9 Å². The monoisotopic (exact) mass is 353 g/mol. The van der Waals surface area contributed by atoms with E-state index < -0.39 is 17.3 Å². The molecule has 2 aromatic carbocycles. The lowest BCUT2D eigenvalue weighted by atomic mass is 9.98. The van der Waals surface area contributed by atoms with Crippen LogP contribution in [0.3, 0.4) is 0 Å². The summed E-state index contributed by atoms with van der Waals surface area (Å²) in [5, 5.41) is 0. The predicted molar refractivity (Wildman–Crippen MR) is 100 cm³/mol. The van der Waals surface area contributed by atoms with Crippen LogP contribution in [0.15, 0.2) is 60.7 Å². The van der Waals surface area contributed by atoms with Crippen molar-refractivity contribution in [2.45, 2.75) is 20.8 Å². The maximum atomic E-state index is 12.1. The third-order valence-corrected chi connectivity index (χ3v) is 3.40. The van der Waals surface area contributed by atoms with Crippen molar-refractivity contribution in [2.24, 2.45) is 5.41 Å². The van der Waals surface area contributed by atoms with Crippen LogP contribution >= 0.6 is 0 Å². The molecular weight excluding hydrogens is 330 g/mol. The Morgan fingerprint density at radius 2 is 1.77 bits per heavy atom. The molecule has 26 heavy (non-hydrogen) atoms. The number of rotatable bonds is 5. The van der Waals surface area contributed by atoms with Crippen molar-refractivity contribution < 1.29 is 19.2 Å². The zero-order chi connectivity index (χ0) is 19.0. The van der Waals surface area contributed by atoms with Crippen molar-refractivity contribution in [1.82, 2.24) is 5.48 Å². The molecule has 1 amide bonds. The lowest BCUT2D eigenvalue weighted by molar-refractivity contribution is -0.158. The van der Waals surface area contributed by atoms with Crippen LogP contribution in [0.4, 0.5) is 0 Å². The van der Waals surface area contributed by atoms with Gasteiger partial charge >= 0.3 is 5.97 Å². The molecule has 0 bridgehead atoms. The molecule has 5 heteroatoms. The highest BCUT2D eigenvalue weighted by molar-refractivity contribution is 5.94. The van der Waals surface area contributed by atoms with E-state index in [1.165, 1.54) is 0 Å². The molecule has 0 unspecified atom stereocenters. The van der Waals surface area contributed by atoms with Crippen LogP contribution in [0.2, 0.25) is 0 Å². The standard InChI is InChI=1S/C21H23NO4/c1-21(2,3)20(24)26-22-19(23)17-12-7-13-18(15-17)25-14-8-11-16-9-5-4-6-10-16/h4-13,15H,14H2,1-3H3,(H,22,23)/b11-8+. The third-order valence-electron chi connectivity index (χ3n) is 3.40. The Balaban J connectivity index is 1.88. The van der Waals surface area contributed by atoms with E-state index in [-0.39, 0.29) is 0 Å². The van der Waals surface area contributed by atoms with E-state index in [4.69, 9.17) is 9.57 Å². The molecule has 0 fully saturated rings. The van der Waals surface area contributed by atoms with Gasteiger partial charge < -0.3 is 9.57 Å². The van der Waals surface area contributed by atoms with E-state index in [2.05, 4.69) is 5.48 Å². The lowest BCUT2D eigenvalue weighted by Gasteiger charge is -2.16. The first kappa shape index (κ1) is 19.2. The summed E-state index contributed by atoms with van der Waals surface area (Å²) in [6, 6.07) is 16.6. The number of carbonyl (C=O) groups excluding carboxylic acids is 2. The predicted octanol–water partition coefficient (Wildman–Crippen LogP) is 4.01. The molecule has 0 spiro atoms. The number of hydroxylamine groups is 1. The van der Waals surface area contributed by atoms with Gasteiger partial charge in [0.1, 0.15) is 12.4 Å². The Morgan fingerprint density at radius 1 is 1.04 bits per heavy atom. The van der Waals surface area contributed by atoms with Crippen LogP contribution in [0, 0.1) is 5.41 Å². The highest BCUT2D eigenvalue weighted by Crippen LogP contribution is 2.16. The molecule has 2 rings (SSSR count). The van der Waals surface area contributed by atoms with Crippen molar-refractivity contribution in [2.75, 3.05) is 6.61 Å². The summed E-state index contributed by atoms with van der Waals surface area (Å²) in [7, 11) is 0. The molecule has 0 aliphatic heterocycles. The van der Waals surface area contributed by atoms with E-state index in [9.17, 15) is 9.59 Å². The normalized spacial score (nSPS) is 11.2. The molecular formula is C21H23NO4. The molecule has 136 valence electrons. The second-order valence-electron chi connectivity index (χ2n) is 6.72. The minimum Gasteiger partial charge on any atom is -0.490 e. The van der Waals surface area contributed by atoms with Gasteiger partial charge in [-0.25, -0.2) is 4.79 Å². The van der Waals surface area contributed by atoms with Crippen molar-refractivity contribution in [3.63, 3.8) is 0 Å². The van der Waals surface area contributed by atoms with Crippen LogP contribution in [0.1, 0.15) is 36.7 Å². The molecule has 0 radical (unpaired) electrons. The average molecular weight is 353 g/mol. The van der Waals surface area contributed by atoms with Crippen LogP contribution in [-0.2, 0) is 9.63 Å². The zero-order valence-corrected chi connectivity index (χ0v) is 15.2. The summed E-state index contributed by atoms with van der Waals surface area (Å²) in [6.07, 6.45) is 3.86. The summed E-state index contributed by atoms with van der Waals surface area (Å²) in [6.45, 7) is 5.50. The molecule has 0 aliphatic rings. The quantitative estimate of drug-likeness (QED) is 0.825. The van der Waals surface area contributed by atoms with Gasteiger partial charge in [-0.1, -0.05) is 42.5 Å². The van der Waals surface area contributed by atoms with Gasteiger partial charge in [-0.15, -0.1) is 0 Å². The molecule has 0 saturated carbocycles. The first-order valence-electron chi connectivity index (χ1n) is 8.32. The minimum atomic E-state index is -0.691. The number of hydrogen-bond acceptors (Lipinski definition) is 4. The molecule has 0 saturated heterocycles. The second-order valence-corrected chi connectivity index (χ2v) is 6.72. The highest BCUT2D eigenvalue weighted by atomic mass is 16.7. The second kappa shape index (κ2) is 8.85. The Hall–Kier alpha value is -3.08. The summed E-state index contributed by atoms with van der Waals surface area (Å²) in [5.41, 5.74) is 2.90. The number of hydrogen-bond donors (Lipinski definition) is 1. The third kappa shape index (κ3) is 6.09. The maximum absolute atomic E-state index is 12.1. The summed E-state index contributed by atoms with van der Waals surface area (Å²) >= 11 is 0. The van der Waals surface area contributed by atoms with Gasteiger partial charge in [0.2, 0.25) is 0 Å². The molecule has 5 nitrogen and oxygen atoms in total. The van der Waals surface area contributed by atoms with Crippen LogP contribution in [0.25, 0.3) is 6.08 Å².